The molecule has 41 heavy (non-hydrogen) atoms. The Morgan fingerprint density at radius 3 is 0.976 bits per heavy atom. The molecule has 0 N–H and O–H groups in total. The molecule has 0 aromatic rings. The van der Waals surface area contributed by atoms with Gasteiger partial charge in [-0.05, 0) is 19.8 Å². The Bertz CT molecular complexity index is 544. The summed E-state index contributed by atoms with van der Waals surface area (Å²) in [5, 5.41) is 0. The topological polar surface area (TPSA) is 43.4 Å². The molecule has 1 unspecified atom stereocenters. The van der Waals surface area contributed by atoms with E-state index in [1.54, 1.807) is 6.92 Å². The Labute approximate surface area is 258 Å². The lowest BCUT2D eigenvalue weighted by atomic mass is 9.97. The van der Waals surface area contributed by atoms with E-state index >= 15 is 0 Å². The standard InChI is InChI=1S/C38H74O3/c1-4-6-8-10-12-14-16-18-20-21-22-24-26-28-30-32-34-37(36(3)39)38(40)41-35-33-31-29-27-25-23-19-17-15-13-11-9-7-5-2/h37H,4-35H2,1-3H3. The molecule has 0 aliphatic carbocycles. The van der Waals surface area contributed by atoms with Crippen molar-refractivity contribution in [1.82, 2.24) is 0 Å². The lowest BCUT2D eigenvalue weighted by molar-refractivity contribution is -0.152. The zero-order chi connectivity index (χ0) is 30.1. The third-order valence-corrected chi connectivity index (χ3v) is 8.86. The highest BCUT2D eigenvalue weighted by atomic mass is 16.5. The van der Waals surface area contributed by atoms with Gasteiger partial charge in [-0.15, -0.1) is 0 Å². The molecule has 0 aromatic heterocycles. The van der Waals surface area contributed by atoms with Gasteiger partial charge < -0.3 is 4.74 Å². The molecule has 0 heterocycles. The fourth-order valence-corrected chi connectivity index (χ4v) is 5.95. The largest absolute Gasteiger partial charge is 0.465 e. The highest BCUT2D eigenvalue weighted by Crippen LogP contribution is 2.18. The molecule has 3 nitrogen and oxygen atoms in total. The van der Waals surface area contributed by atoms with Gasteiger partial charge in [0, 0.05) is 0 Å². The maximum absolute atomic E-state index is 12.5. The Kier molecular flexibility index (Phi) is 32.9. The third kappa shape index (κ3) is 30.4. The van der Waals surface area contributed by atoms with Crippen molar-refractivity contribution >= 4 is 11.8 Å². The molecule has 0 aromatic carbocycles. The smallest absolute Gasteiger partial charge is 0.316 e. The van der Waals surface area contributed by atoms with E-state index in [-0.39, 0.29) is 11.8 Å². The number of rotatable bonds is 34. The molecule has 1 atom stereocenters. The van der Waals surface area contributed by atoms with Gasteiger partial charge in [0.2, 0.25) is 0 Å². The van der Waals surface area contributed by atoms with Crippen LogP contribution in [0.1, 0.15) is 220 Å². The van der Waals surface area contributed by atoms with Gasteiger partial charge in [0.1, 0.15) is 11.7 Å². The molecule has 0 fully saturated rings. The second-order valence-corrected chi connectivity index (χ2v) is 13.0. The van der Waals surface area contributed by atoms with Gasteiger partial charge in [-0.25, -0.2) is 0 Å². The number of hydrogen-bond acceptors (Lipinski definition) is 3. The van der Waals surface area contributed by atoms with Crippen molar-refractivity contribution in [3.05, 3.63) is 0 Å². The fraction of sp³-hybridized carbons (Fsp3) is 0.947. The molecule has 0 bridgehead atoms. The van der Waals surface area contributed by atoms with Crippen LogP contribution in [0.3, 0.4) is 0 Å². The van der Waals surface area contributed by atoms with Crippen LogP contribution in [0.2, 0.25) is 0 Å². The number of hydrogen-bond donors (Lipinski definition) is 0. The molecule has 0 rings (SSSR count). The molecule has 0 radical (unpaired) electrons. The van der Waals surface area contributed by atoms with E-state index in [9.17, 15) is 9.59 Å². The van der Waals surface area contributed by atoms with Crippen molar-refractivity contribution in [3.8, 4) is 0 Å². The van der Waals surface area contributed by atoms with Gasteiger partial charge >= 0.3 is 5.97 Å². The van der Waals surface area contributed by atoms with Gasteiger partial charge in [-0.3, -0.25) is 9.59 Å². The Hall–Kier alpha value is -0.860. The summed E-state index contributed by atoms with van der Waals surface area (Å²) in [6.45, 7) is 6.58. The third-order valence-electron chi connectivity index (χ3n) is 8.86. The summed E-state index contributed by atoms with van der Waals surface area (Å²) in [6, 6.07) is 0. The van der Waals surface area contributed by atoms with E-state index in [1.165, 1.54) is 167 Å². The van der Waals surface area contributed by atoms with Gasteiger partial charge in [-0.2, -0.15) is 0 Å². The summed E-state index contributed by atoms with van der Waals surface area (Å²) in [5.41, 5.74) is 0. The summed E-state index contributed by atoms with van der Waals surface area (Å²) in [4.78, 5) is 24.5. The normalized spacial score (nSPS) is 12.1. The van der Waals surface area contributed by atoms with Crippen molar-refractivity contribution in [3.63, 3.8) is 0 Å². The van der Waals surface area contributed by atoms with Crippen molar-refractivity contribution in [2.24, 2.45) is 5.92 Å². The monoisotopic (exact) mass is 579 g/mol. The zero-order valence-electron chi connectivity index (χ0n) is 28.4. The average Bonchev–Trinajstić information content (AvgIpc) is 2.96. The Morgan fingerprint density at radius 1 is 0.415 bits per heavy atom. The molecule has 244 valence electrons. The molecule has 0 saturated heterocycles. The van der Waals surface area contributed by atoms with Crippen LogP contribution in [-0.2, 0) is 14.3 Å². The molecule has 0 aliphatic rings. The van der Waals surface area contributed by atoms with Gasteiger partial charge in [0.15, 0.2) is 0 Å². The zero-order valence-corrected chi connectivity index (χ0v) is 28.4. The summed E-state index contributed by atoms with van der Waals surface area (Å²) in [6.07, 6.45) is 40.5. The molecular formula is C38H74O3. The van der Waals surface area contributed by atoms with Crippen LogP contribution >= 0.6 is 0 Å². The summed E-state index contributed by atoms with van der Waals surface area (Å²) < 4.78 is 5.49. The molecule has 0 aliphatic heterocycles. The van der Waals surface area contributed by atoms with Crippen molar-refractivity contribution in [2.75, 3.05) is 6.61 Å². The van der Waals surface area contributed by atoms with Gasteiger partial charge in [0.25, 0.3) is 0 Å². The van der Waals surface area contributed by atoms with E-state index in [0.29, 0.717) is 13.0 Å². The van der Waals surface area contributed by atoms with E-state index < -0.39 is 5.92 Å². The minimum absolute atomic E-state index is 0.0306. The minimum atomic E-state index is -0.548. The maximum Gasteiger partial charge on any atom is 0.316 e. The van der Waals surface area contributed by atoms with E-state index in [0.717, 1.165) is 25.7 Å². The molecular weight excluding hydrogens is 504 g/mol. The number of ketones is 1. The van der Waals surface area contributed by atoms with E-state index in [2.05, 4.69) is 13.8 Å². The number of unbranched alkanes of at least 4 members (excludes halogenated alkanes) is 28. The highest BCUT2D eigenvalue weighted by molar-refractivity contribution is 5.97. The SMILES string of the molecule is CCCCCCCCCCCCCCCCCCC(C(C)=O)C(=O)OCCCCCCCCCCCCCCCC. The van der Waals surface area contributed by atoms with Crippen LogP contribution in [0.25, 0.3) is 0 Å². The fourth-order valence-electron chi connectivity index (χ4n) is 5.95. The van der Waals surface area contributed by atoms with Crippen LogP contribution in [0.4, 0.5) is 0 Å². The quantitative estimate of drug-likeness (QED) is 0.0433. The van der Waals surface area contributed by atoms with Crippen LogP contribution in [0, 0.1) is 5.92 Å². The summed E-state index contributed by atoms with van der Waals surface area (Å²) >= 11 is 0. The Balaban J connectivity index is 3.51. The number of esters is 1. The lowest BCUT2D eigenvalue weighted by Crippen LogP contribution is -2.24. The second-order valence-electron chi connectivity index (χ2n) is 13.0. The number of ether oxygens (including phenoxy) is 1. The minimum Gasteiger partial charge on any atom is -0.465 e. The van der Waals surface area contributed by atoms with Crippen LogP contribution < -0.4 is 0 Å². The van der Waals surface area contributed by atoms with Crippen LogP contribution in [0.5, 0.6) is 0 Å². The lowest BCUT2D eigenvalue weighted by Gasteiger charge is -2.13. The highest BCUT2D eigenvalue weighted by Gasteiger charge is 2.24. The van der Waals surface area contributed by atoms with Crippen molar-refractivity contribution < 1.29 is 14.3 Å². The first-order valence-corrected chi connectivity index (χ1v) is 18.8. The predicted molar refractivity (Wildman–Crippen MR) is 180 cm³/mol. The number of carbonyl (C=O) groups is 2. The summed E-state index contributed by atoms with van der Waals surface area (Å²) in [7, 11) is 0. The van der Waals surface area contributed by atoms with Crippen molar-refractivity contribution in [2.45, 2.75) is 220 Å². The number of carbonyl (C=O) groups excluding carboxylic acids is 2. The second kappa shape index (κ2) is 33.6. The van der Waals surface area contributed by atoms with Crippen LogP contribution in [0.15, 0.2) is 0 Å². The maximum atomic E-state index is 12.5. The van der Waals surface area contributed by atoms with Gasteiger partial charge in [0.05, 0.1) is 6.61 Å². The van der Waals surface area contributed by atoms with Crippen molar-refractivity contribution in [1.29, 1.82) is 0 Å². The molecule has 3 heteroatoms. The van der Waals surface area contributed by atoms with Crippen LogP contribution in [-0.4, -0.2) is 18.4 Å². The first-order chi connectivity index (χ1) is 20.1. The molecule has 0 amide bonds. The first-order valence-electron chi connectivity index (χ1n) is 18.8. The number of Topliss-reactive ketones (excluding diaryl/α,β-unsaturated/α-hetero) is 1. The van der Waals surface area contributed by atoms with E-state index in [4.69, 9.17) is 4.74 Å². The molecule has 0 saturated carbocycles. The van der Waals surface area contributed by atoms with Gasteiger partial charge in [-0.1, -0.05) is 200 Å². The average molecular weight is 579 g/mol. The Morgan fingerprint density at radius 2 is 0.683 bits per heavy atom. The van der Waals surface area contributed by atoms with E-state index in [1.807, 2.05) is 0 Å². The molecule has 0 spiro atoms. The predicted octanol–water partition coefficient (Wildman–Crippen LogP) is 12.9. The first kappa shape index (κ1) is 40.1. The summed E-state index contributed by atoms with van der Waals surface area (Å²) in [5.74, 6) is -0.863.